The molecule has 1 rings (SSSR count). The number of rotatable bonds is 4. The Bertz CT molecular complexity index is 326. The molecule has 0 saturated carbocycles. The van der Waals surface area contributed by atoms with Gasteiger partial charge in [0.05, 0.1) is 0 Å². The van der Waals surface area contributed by atoms with Crippen molar-refractivity contribution in [2.24, 2.45) is 0 Å². The van der Waals surface area contributed by atoms with E-state index < -0.39 is 12.0 Å². The number of likely N-dealkylation sites (N-methyl/N-ethyl adjacent to an activating group) is 1. The molecule has 0 aliphatic carbocycles. The summed E-state index contributed by atoms with van der Waals surface area (Å²) in [5.41, 5.74) is 1.98. The molecule has 0 aliphatic rings. The van der Waals surface area contributed by atoms with Crippen LogP contribution in [0.25, 0.3) is 0 Å². The van der Waals surface area contributed by atoms with E-state index in [2.05, 4.69) is 10.3 Å². The van der Waals surface area contributed by atoms with Crippen molar-refractivity contribution < 1.29 is 9.90 Å². The predicted octanol–water partition coefficient (Wildman–Crippen LogP) is 0.605. The molecule has 4 nitrogen and oxygen atoms in total. The molecule has 2 N–H and O–H groups in total. The lowest BCUT2D eigenvalue weighted by molar-refractivity contribution is -0.139. The third-order valence-corrected chi connectivity index (χ3v) is 2.02. The van der Waals surface area contributed by atoms with Crippen molar-refractivity contribution in [3.8, 4) is 0 Å². The van der Waals surface area contributed by atoms with E-state index in [9.17, 15) is 4.79 Å². The second kappa shape index (κ2) is 4.72. The van der Waals surface area contributed by atoms with Crippen molar-refractivity contribution in [2.75, 3.05) is 7.05 Å². The van der Waals surface area contributed by atoms with E-state index in [1.54, 1.807) is 19.4 Å². The maximum Gasteiger partial charge on any atom is 0.321 e. The van der Waals surface area contributed by atoms with Gasteiger partial charge in [-0.15, -0.1) is 0 Å². The molecule has 1 aromatic heterocycles. The summed E-state index contributed by atoms with van der Waals surface area (Å²) in [5.74, 6) is -0.839. The third kappa shape index (κ3) is 2.81. The van der Waals surface area contributed by atoms with Crippen LogP contribution in [0, 0.1) is 6.92 Å². The number of carbonyl (C=O) groups is 1. The first-order valence-electron chi connectivity index (χ1n) is 4.44. The van der Waals surface area contributed by atoms with Gasteiger partial charge in [-0.3, -0.25) is 9.78 Å². The van der Waals surface area contributed by atoms with Crippen LogP contribution >= 0.6 is 0 Å². The molecule has 4 heteroatoms. The van der Waals surface area contributed by atoms with Crippen molar-refractivity contribution in [1.29, 1.82) is 0 Å². The highest BCUT2D eigenvalue weighted by atomic mass is 16.4. The minimum absolute atomic E-state index is 0.459. The summed E-state index contributed by atoms with van der Waals surface area (Å²) >= 11 is 0. The summed E-state index contributed by atoms with van der Waals surface area (Å²) in [5, 5.41) is 11.6. The lowest BCUT2D eigenvalue weighted by Crippen LogP contribution is -2.35. The number of hydrogen-bond donors (Lipinski definition) is 2. The lowest BCUT2D eigenvalue weighted by Gasteiger charge is -2.10. The molecule has 14 heavy (non-hydrogen) atoms. The molecule has 1 heterocycles. The van der Waals surface area contributed by atoms with E-state index in [-0.39, 0.29) is 0 Å². The van der Waals surface area contributed by atoms with Gasteiger partial charge in [0.15, 0.2) is 0 Å². The molecule has 0 aliphatic heterocycles. The zero-order valence-corrected chi connectivity index (χ0v) is 8.32. The molecule has 0 bridgehead atoms. The number of aliphatic carboxylic acids is 1. The van der Waals surface area contributed by atoms with E-state index in [0.717, 1.165) is 11.1 Å². The molecule has 0 amide bonds. The topological polar surface area (TPSA) is 62.2 Å². The normalized spacial score (nSPS) is 12.4. The number of carboxylic acid groups (broad SMARTS) is 1. The summed E-state index contributed by atoms with van der Waals surface area (Å²) in [7, 11) is 1.64. The van der Waals surface area contributed by atoms with E-state index in [0.29, 0.717) is 6.42 Å². The van der Waals surface area contributed by atoms with Crippen molar-refractivity contribution in [1.82, 2.24) is 10.3 Å². The van der Waals surface area contributed by atoms with Gasteiger partial charge in [-0.2, -0.15) is 0 Å². The average molecular weight is 194 g/mol. The fourth-order valence-electron chi connectivity index (χ4n) is 1.28. The minimum atomic E-state index is -0.839. The molecule has 0 spiro atoms. The van der Waals surface area contributed by atoms with Gasteiger partial charge in [-0.05, 0) is 31.5 Å². The van der Waals surface area contributed by atoms with Crippen LogP contribution in [0.2, 0.25) is 0 Å². The molecule has 76 valence electrons. The van der Waals surface area contributed by atoms with Crippen molar-refractivity contribution in [3.05, 3.63) is 29.6 Å². The second-order valence-corrected chi connectivity index (χ2v) is 3.25. The maximum atomic E-state index is 10.7. The number of carboxylic acids is 1. The molecular formula is C10H14N2O2. The van der Waals surface area contributed by atoms with Gasteiger partial charge in [0.25, 0.3) is 0 Å². The van der Waals surface area contributed by atoms with Crippen LogP contribution in [0.3, 0.4) is 0 Å². The molecule has 1 atom stereocenters. The summed E-state index contributed by atoms with van der Waals surface area (Å²) in [4.78, 5) is 14.7. The van der Waals surface area contributed by atoms with Gasteiger partial charge in [-0.25, -0.2) is 0 Å². The quantitative estimate of drug-likeness (QED) is 0.737. The Morgan fingerprint density at radius 2 is 2.36 bits per heavy atom. The van der Waals surface area contributed by atoms with Crippen LogP contribution in [0.1, 0.15) is 11.1 Å². The zero-order valence-electron chi connectivity index (χ0n) is 8.32. The Hall–Kier alpha value is -1.42. The molecule has 1 unspecified atom stereocenters. The van der Waals surface area contributed by atoms with Crippen molar-refractivity contribution >= 4 is 5.97 Å². The highest BCUT2D eigenvalue weighted by molar-refractivity contribution is 5.73. The Labute approximate surface area is 83.0 Å². The summed E-state index contributed by atoms with van der Waals surface area (Å²) < 4.78 is 0. The van der Waals surface area contributed by atoms with Crippen molar-refractivity contribution in [2.45, 2.75) is 19.4 Å². The number of aromatic nitrogens is 1. The van der Waals surface area contributed by atoms with E-state index in [1.165, 1.54) is 0 Å². The summed E-state index contributed by atoms with van der Waals surface area (Å²) in [6.07, 6.45) is 3.90. The fraction of sp³-hybridized carbons (Fsp3) is 0.400. The van der Waals surface area contributed by atoms with Crippen LogP contribution in [-0.4, -0.2) is 29.1 Å². The van der Waals surface area contributed by atoms with Gasteiger partial charge in [0.1, 0.15) is 6.04 Å². The molecule has 1 aromatic rings. The minimum Gasteiger partial charge on any atom is -0.480 e. The van der Waals surface area contributed by atoms with Crippen LogP contribution < -0.4 is 5.32 Å². The molecule has 0 saturated heterocycles. The summed E-state index contributed by atoms with van der Waals surface area (Å²) in [6.45, 7) is 1.94. The lowest BCUT2D eigenvalue weighted by atomic mass is 10.1. The average Bonchev–Trinajstić information content (AvgIpc) is 2.14. The number of pyridine rings is 1. The first-order chi connectivity index (χ1) is 6.63. The maximum absolute atomic E-state index is 10.7. The fourth-order valence-corrected chi connectivity index (χ4v) is 1.28. The van der Waals surface area contributed by atoms with Crippen LogP contribution in [0.15, 0.2) is 18.5 Å². The number of hydrogen-bond acceptors (Lipinski definition) is 3. The van der Waals surface area contributed by atoms with E-state index in [1.807, 2.05) is 13.0 Å². The van der Waals surface area contributed by atoms with E-state index in [4.69, 9.17) is 5.11 Å². The highest BCUT2D eigenvalue weighted by Crippen LogP contribution is 2.04. The van der Waals surface area contributed by atoms with E-state index >= 15 is 0 Å². The largest absolute Gasteiger partial charge is 0.480 e. The van der Waals surface area contributed by atoms with Crippen LogP contribution in [0.5, 0.6) is 0 Å². The van der Waals surface area contributed by atoms with Crippen LogP contribution in [-0.2, 0) is 11.2 Å². The van der Waals surface area contributed by atoms with Gasteiger partial charge in [0, 0.05) is 12.4 Å². The Morgan fingerprint density at radius 3 is 2.86 bits per heavy atom. The summed E-state index contributed by atoms with van der Waals surface area (Å²) in [6, 6.07) is 1.40. The first-order valence-corrected chi connectivity index (χ1v) is 4.44. The molecule has 0 aromatic carbocycles. The van der Waals surface area contributed by atoms with Crippen molar-refractivity contribution in [3.63, 3.8) is 0 Å². The molecule has 0 radical (unpaired) electrons. The van der Waals surface area contributed by atoms with Crippen LogP contribution in [0.4, 0.5) is 0 Å². The van der Waals surface area contributed by atoms with Gasteiger partial charge >= 0.3 is 5.97 Å². The Morgan fingerprint density at radius 1 is 1.64 bits per heavy atom. The number of aryl methyl sites for hydroxylation is 1. The first kappa shape index (κ1) is 10.7. The van der Waals surface area contributed by atoms with Gasteiger partial charge in [-0.1, -0.05) is 6.07 Å². The number of nitrogens with zero attached hydrogens (tertiary/aromatic N) is 1. The van der Waals surface area contributed by atoms with Gasteiger partial charge in [0.2, 0.25) is 0 Å². The second-order valence-electron chi connectivity index (χ2n) is 3.25. The Balaban J connectivity index is 2.72. The Kier molecular flexibility index (Phi) is 3.59. The SMILES string of the molecule is CNC(Cc1cncc(C)c1)C(=O)O. The molecular weight excluding hydrogens is 180 g/mol. The monoisotopic (exact) mass is 194 g/mol. The highest BCUT2D eigenvalue weighted by Gasteiger charge is 2.15. The zero-order chi connectivity index (χ0) is 10.6. The third-order valence-electron chi connectivity index (χ3n) is 2.02. The predicted molar refractivity (Wildman–Crippen MR) is 53.2 cm³/mol. The van der Waals surface area contributed by atoms with Gasteiger partial charge < -0.3 is 10.4 Å². The molecule has 0 fully saturated rings. The number of nitrogens with one attached hydrogen (secondary N) is 1. The standard InChI is InChI=1S/C10H14N2O2/c1-7-3-8(6-12-5-7)4-9(11-2)10(13)14/h3,5-6,9,11H,4H2,1-2H3,(H,13,14). The smallest absolute Gasteiger partial charge is 0.321 e.